The maximum absolute atomic E-state index is 12.3. The molecule has 0 fully saturated rings. The van der Waals surface area contributed by atoms with Crippen molar-refractivity contribution in [1.82, 2.24) is 4.31 Å². The number of anilines is 1. The number of carbonyl (C=O) groups is 1. The first-order chi connectivity index (χ1) is 9.82. The van der Waals surface area contributed by atoms with Gasteiger partial charge in [-0.2, -0.15) is 18.0 Å². The molecule has 114 valence electrons. The summed E-state index contributed by atoms with van der Waals surface area (Å²) < 4.78 is 31.3. The molecule has 0 heterocycles. The lowest BCUT2D eigenvalue weighted by Crippen LogP contribution is -2.40. The van der Waals surface area contributed by atoms with Gasteiger partial charge in [-0.25, -0.2) is 0 Å². The molecule has 0 spiro atoms. The molecule has 1 aromatic carbocycles. The first kappa shape index (κ1) is 16.9. The summed E-state index contributed by atoms with van der Waals surface area (Å²) in [5.74, 6) is -0.474. The van der Waals surface area contributed by atoms with Gasteiger partial charge >= 0.3 is 16.2 Å². The second kappa shape index (κ2) is 7.06. The van der Waals surface area contributed by atoms with Crippen molar-refractivity contribution < 1.29 is 17.9 Å². The minimum atomic E-state index is -3.74. The van der Waals surface area contributed by atoms with Crippen molar-refractivity contribution >= 4 is 21.9 Å². The zero-order valence-corrected chi connectivity index (χ0v) is 12.9. The van der Waals surface area contributed by atoms with Crippen molar-refractivity contribution in [2.45, 2.75) is 6.42 Å². The van der Waals surface area contributed by atoms with E-state index in [1.807, 2.05) is 6.07 Å². The van der Waals surface area contributed by atoms with E-state index in [1.54, 1.807) is 12.1 Å². The van der Waals surface area contributed by atoms with E-state index in [0.29, 0.717) is 11.3 Å². The Morgan fingerprint density at radius 1 is 1.29 bits per heavy atom. The standard InChI is InChI=1S/C13H17N3O4S/c1-15(9-8-13(17)20-3)21(18,19)16(2)12-6-4-11(10-14)5-7-12/h4-7H,8-9H2,1-3H3. The maximum atomic E-state index is 12.3. The van der Waals surface area contributed by atoms with Gasteiger partial charge < -0.3 is 4.74 Å². The van der Waals surface area contributed by atoms with Gasteiger partial charge in [-0.15, -0.1) is 0 Å². The Balaban J connectivity index is 2.85. The summed E-state index contributed by atoms with van der Waals surface area (Å²) in [6, 6.07) is 8.13. The molecule has 0 saturated carbocycles. The van der Waals surface area contributed by atoms with Crippen LogP contribution in [0.25, 0.3) is 0 Å². The third-order valence-corrected chi connectivity index (χ3v) is 4.83. The van der Waals surface area contributed by atoms with Crippen molar-refractivity contribution in [1.29, 1.82) is 5.26 Å². The van der Waals surface area contributed by atoms with Crippen LogP contribution < -0.4 is 4.31 Å². The number of ether oxygens (including phenoxy) is 1. The molecule has 0 radical (unpaired) electrons. The summed E-state index contributed by atoms with van der Waals surface area (Å²) in [5.41, 5.74) is 0.877. The number of esters is 1. The second-order valence-corrected chi connectivity index (χ2v) is 6.35. The highest BCUT2D eigenvalue weighted by Crippen LogP contribution is 2.18. The van der Waals surface area contributed by atoms with Gasteiger partial charge in [-0.05, 0) is 24.3 Å². The van der Waals surface area contributed by atoms with Gasteiger partial charge in [0.1, 0.15) is 0 Å². The zero-order chi connectivity index (χ0) is 16.0. The van der Waals surface area contributed by atoms with Gasteiger partial charge in [0.05, 0.1) is 30.9 Å². The summed E-state index contributed by atoms with van der Waals surface area (Å²) in [6.45, 7) is 0.0234. The normalized spacial score (nSPS) is 11.0. The topological polar surface area (TPSA) is 90.7 Å². The summed E-state index contributed by atoms with van der Waals surface area (Å²) in [6.07, 6.45) is -0.0204. The number of nitriles is 1. The molecule has 0 aliphatic heterocycles. The molecular formula is C13H17N3O4S. The van der Waals surface area contributed by atoms with Crippen LogP contribution >= 0.6 is 0 Å². The van der Waals surface area contributed by atoms with Crippen molar-refractivity contribution in [3.63, 3.8) is 0 Å². The van der Waals surface area contributed by atoms with Gasteiger partial charge in [-0.1, -0.05) is 0 Å². The van der Waals surface area contributed by atoms with E-state index in [4.69, 9.17) is 5.26 Å². The van der Waals surface area contributed by atoms with E-state index < -0.39 is 16.2 Å². The van der Waals surface area contributed by atoms with Gasteiger partial charge in [0.2, 0.25) is 0 Å². The van der Waals surface area contributed by atoms with Crippen LogP contribution in [0.4, 0.5) is 5.69 Å². The summed E-state index contributed by atoms with van der Waals surface area (Å²) in [4.78, 5) is 11.1. The number of rotatable bonds is 6. The molecule has 0 unspecified atom stereocenters. The number of hydrogen-bond donors (Lipinski definition) is 0. The molecule has 1 rings (SSSR count). The number of methoxy groups -OCH3 is 1. The molecule has 0 N–H and O–H groups in total. The van der Waals surface area contributed by atoms with Crippen LogP contribution in [-0.2, 0) is 19.7 Å². The van der Waals surface area contributed by atoms with E-state index >= 15 is 0 Å². The minimum absolute atomic E-state index is 0.0204. The Morgan fingerprint density at radius 2 is 1.86 bits per heavy atom. The van der Waals surface area contributed by atoms with E-state index in [0.717, 1.165) is 8.61 Å². The second-order valence-electron chi connectivity index (χ2n) is 4.28. The fraction of sp³-hybridized carbons (Fsp3) is 0.385. The molecule has 0 aliphatic carbocycles. The number of benzene rings is 1. The van der Waals surface area contributed by atoms with Gasteiger partial charge in [0.15, 0.2) is 0 Å². The maximum Gasteiger partial charge on any atom is 0.306 e. The molecule has 0 aromatic heterocycles. The van der Waals surface area contributed by atoms with E-state index in [9.17, 15) is 13.2 Å². The highest BCUT2D eigenvalue weighted by Gasteiger charge is 2.24. The third-order valence-electron chi connectivity index (χ3n) is 2.96. The van der Waals surface area contributed by atoms with Gasteiger partial charge in [0, 0.05) is 20.6 Å². The minimum Gasteiger partial charge on any atom is -0.469 e. The molecule has 0 bridgehead atoms. The van der Waals surface area contributed by atoms with Crippen molar-refractivity contribution in [3.8, 4) is 6.07 Å². The van der Waals surface area contributed by atoms with E-state index in [1.165, 1.54) is 33.3 Å². The SMILES string of the molecule is COC(=O)CCN(C)S(=O)(=O)N(C)c1ccc(C#N)cc1. The Morgan fingerprint density at radius 3 is 2.33 bits per heavy atom. The highest BCUT2D eigenvalue weighted by molar-refractivity contribution is 7.90. The lowest BCUT2D eigenvalue weighted by molar-refractivity contribution is -0.140. The Hall–Kier alpha value is -2.11. The largest absolute Gasteiger partial charge is 0.469 e. The molecule has 0 atom stereocenters. The molecule has 21 heavy (non-hydrogen) atoms. The molecular weight excluding hydrogens is 294 g/mol. The summed E-state index contributed by atoms with van der Waals surface area (Å²) in [5, 5.41) is 8.73. The fourth-order valence-electron chi connectivity index (χ4n) is 1.55. The highest BCUT2D eigenvalue weighted by atomic mass is 32.2. The molecule has 8 heteroatoms. The lowest BCUT2D eigenvalue weighted by Gasteiger charge is -2.25. The summed E-state index contributed by atoms with van der Waals surface area (Å²) in [7, 11) is 0.306. The van der Waals surface area contributed by atoms with Crippen molar-refractivity contribution in [2.24, 2.45) is 0 Å². The predicted octanol–water partition coefficient (Wildman–Crippen LogP) is 0.734. The van der Waals surface area contributed by atoms with Crippen LogP contribution in [0, 0.1) is 11.3 Å². The van der Waals surface area contributed by atoms with Crippen molar-refractivity contribution in [3.05, 3.63) is 29.8 Å². The van der Waals surface area contributed by atoms with Crippen LogP contribution in [0.3, 0.4) is 0 Å². The fourth-order valence-corrected chi connectivity index (χ4v) is 2.68. The Kier molecular flexibility index (Phi) is 5.69. The third kappa shape index (κ3) is 4.18. The average molecular weight is 311 g/mol. The molecule has 0 aliphatic rings. The number of carbonyl (C=O) groups excluding carboxylic acids is 1. The van der Waals surface area contributed by atoms with Crippen LogP contribution in [-0.4, -0.2) is 46.4 Å². The first-order valence-electron chi connectivity index (χ1n) is 6.10. The predicted molar refractivity (Wildman–Crippen MR) is 77.7 cm³/mol. The van der Waals surface area contributed by atoms with Gasteiger partial charge in [-0.3, -0.25) is 9.10 Å². The molecule has 0 saturated heterocycles. The van der Waals surface area contributed by atoms with Crippen LogP contribution in [0.15, 0.2) is 24.3 Å². The van der Waals surface area contributed by atoms with Crippen molar-refractivity contribution in [2.75, 3.05) is 32.1 Å². The smallest absolute Gasteiger partial charge is 0.306 e. The van der Waals surface area contributed by atoms with E-state index in [-0.39, 0.29) is 13.0 Å². The Bertz CT molecular complexity index is 634. The molecule has 1 aromatic rings. The Labute approximate surface area is 124 Å². The monoisotopic (exact) mass is 311 g/mol. The first-order valence-corrected chi connectivity index (χ1v) is 7.49. The summed E-state index contributed by atoms with van der Waals surface area (Å²) >= 11 is 0. The van der Waals surface area contributed by atoms with Gasteiger partial charge in [0.25, 0.3) is 0 Å². The van der Waals surface area contributed by atoms with Crippen LogP contribution in [0.5, 0.6) is 0 Å². The lowest BCUT2D eigenvalue weighted by atomic mass is 10.2. The average Bonchev–Trinajstić information content (AvgIpc) is 2.51. The van der Waals surface area contributed by atoms with Crippen LogP contribution in [0.1, 0.15) is 12.0 Å². The zero-order valence-electron chi connectivity index (χ0n) is 12.1. The number of nitrogens with zero attached hydrogens (tertiary/aromatic N) is 3. The van der Waals surface area contributed by atoms with Crippen LogP contribution in [0.2, 0.25) is 0 Å². The molecule has 7 nitrogen and oxygen atoms in total. The number of hydrogen-bond acceptors (Lipinski definition) is 5. The quantitative estimate of drug-likeness (QED) is 0.722. The molecule has 0 amide bonds. The van der Waals surface area contributed by atoms with E-state index in [2.05, 4.69) is 4.74 Å².